The van der Waals surface area contributed by atoms with Crippen LogP contribution in [0.1, 0.15) is 34.6 Å². The summed E-state index contributed by atoms with van der Waals surface area (Å²) in [5, 5.41) is 2.49. The first kappa shape index (κ1) is 24.0. The van der Waals surface area contributed by atoms with Crippen LogP contribution in [-0.4, -0.2) is 27.7 Å². The minimum absolute atomic E-state index is 0.0726. The summed E-state index contributed by atoms with van der Waals surface area (Å²) < 4.78 is 12.5. The number of ether oxygens (including phenoxy) is 1. The van der Waals surface area contributed by atoms with Gasteiger partial charge in [-0.3, -0.25) is 4.99 Å². The highest BCUT2D eigenvalue weighted by Crippen LogP contribution is 2.38. The molecule has 4 heteroatoms. The summed E-state index contributed by atoms with van der Waals surface area (Å²) in [5.41, 5.74) is 0.891. The minimum atomic E-state index is -2.64. The second kappa shape index (κ2) is 10.3. The lowest BCUT2D eigenvalue weighted by Gasteiger charge is -2.45. The van der Waals surface area contributed by atoms with Crippen molar-refractivity contribution in [3.63, 3.8) is 0 Å². The van der Waals surface area contributed by atoms with E-state index in [1.54, 1.807) is 7.11 Å². The molecule has 32 heavy (non-hydrogen) atoms. The zero-order chi connectivity index (χ0) is 23.2. The summed E-state index contributed by atoms with van der Waals surface area (Å²) in [7, 11) is -0.968. The molecule has 0 heterocycles. The molecule has 3 aromatic carbocycles. The summed E-state index contributed by atoms with van der Waals surface area (Å²) >= 11 is 0. The van der Waals surface area contributed by atoms with Crippen LogP contribution in [0.25, 0.3) is 0 Å². The molecule has 3 nitrogen and oxygen atoms in total. The fourth-order valence-corrected chi connectivity index (χ4v) is 8.82. The Kier molecular flexibility index (Phi) is 7.70. The van der Waals surface area contributed by atoms with Gasteiger partial charge < -0.3 is 9.16 Å². The van der Waals surface area contributed by atoms with Crippen molar-refractivity contribution in [3.8, 4) is 5.75 Å². The number of hydrogen-bond acceptors (Lipinski definition) is 3. The number of benzene rings is 3. The third-order valence-corrected chi connectivity index (χ3v) is 10.9. The highest BCUT2D eigenvalue weighted by molar-refractivity contribution is 6.99. The Bertz CT molecular complexity index is 954. The molecule has 0 saturated carbocycles. The Labute approximate surface area is 194 Å². The molecular weight excluding hydrogens is 410 g/mol. The van der Waals surface area contributed by atoms with Gasteiger partial charge in [0.25, 0.3) is 8.32 Å². The normalized spacial score (nSPS) is 13.5. The highest BCUT2D eigenvalue weighted by Gasteiger charge is 2.51. The van der Waals surface area contributed by atoms with Crippen LogP contribution in [0, 0.1) is 5.92 Å². The standard InChI is InChI=1S/C28H35NO2Si/c1-22(2)27(21-29-23-17-19-24(30-6)20-18-23)31-32(28(3,4)5,25-13-9-7-10-14-25)26-15-11-8-12-16-26/h7-22,27H,1-6H3/t27-/m1/s1. The monoisotopic (exact) mass is 445 g/mol. The van der Waals surface area contributed by atoms with Crippen LogP contribution < -0.4 is 15.1 Å². The first-order chi connectivity index (χ1) is 15.3. The average Bonchev–Trinajstić information content (AvgIpc) is 2.80. The van der Waals surface area contributed by atoms with Crippen LogP contribution in [-0.2, 0) is 4.43 Å². The fraction of sp³-hybridized carbons (Fsp3) is 0.321. The molecule has 0 aliphatic heterocycles. The van der Waals surface area contributed by atoms with Crippen LogP contribution in [0.15, 0.2) is 89.9 Å². The number of hydrogen-bond donors (Lipinski definition) is 0. The van der Waals surface area contributed by atoms with E-state index in [1.165, 1.54) is 10.4 Å². The summed E-state index contributed by atoms with van der Waals surface area (Å²) in [5.74, 6) is 1.10. The third-order valence-electron chi connectivity index (χ3n) is 5.83. The van der Waals surface area contributed by atoms with Crippen molar-refractivity contribution in [1.82, 2.24) is 0 Å². The lowest BCUT2D eigenvalue weighted by atomic mass is 10.1. The van der Waals surface area contributed by atoms with E-state index in [9.17, 15) is 0 Å². The van der Waals surface area contributed by atoms with Crippen LogP contribution in [0.2, 0.25) is 5.04 Å². The van der Waals surface area contributed by atoms with Gasteiger partial charge in [-0.25, -0.2) is 0 Å². The topological polar surface area (TPSA) is 30.8 Å². The van der Waals surface area contributed by atoms with E-state index in [-0.39, 0.29) is 17.1 Å². The zero-order valence-electron chi connectivity index (χ0n) is 20.1. The van der Waals surface area contributed by atoms with E-state index < -0.39 is 8.32 Å². The predicted octanol–water partition coefficient (Wildman–Crippen LogP) is 6.00. The molecule has 0 fully saturated rings. The lowest BCUT2D eigenvalue weighted by Crippen LogP contribution is -2.68. The molecule has 0 saturated heterocycles. The zero-order valence-corrected chi connectivity index (χ0v) is 21.1. The van der Waals surface area contributed by atoms with Crippen LogP contribution in [0.3, 0.4) is 0 Å². The molecule has 0 amide bonds. The molecule has 3 rings (SSSR count). The fourth-order valence-electron chi connectivity index (χ4n) is 4.06. The molecule has 0 spiro atoms. The molecule has 0 bridgehead atoms. The summed E-state index contributed by atoms with van der Waals surface area (Å²) in [6.45, 7) is 11.3. The number of aliphatic imine (C=N–C) groups is 1. The molecule has 3 aromatic rings. The average molecular weight is 446 g/mol. The highest BCUT2D eigenvalue weighted by atomic mass is 28.4. The summed E-state index contributed by atoms with van der Waals surface area (Å²) in [6.07, 6.45) is 1.86. The maximum Gasteiger partial charge on any atom is 0.261 e. The quantitative estimate of drug-likeness (QED) is 0.314. The predicted molar refractivity (Wildman–Crippen MR) is 138 cm³/mol. The van der Waals surface area contributed by atoms with E-state index >= 15 is 0 Å². The van der Waals surface area contributed by atoms with Gasteiger partial charge in [-0.2, -0.15) is 0 Å². The molecule has 0 N–H and O–H groups in total. The molecular formula is C28H35NO2Si. The molecule has 168 valence electrons. The van der Waals surface area contributed by atoms with Crippen molar-refractivity contribution >= 4 is 30.6 Å². The number of rotatable bonds is 8. The molecule has 0 unspecified atom stereocenters. The van der Waals surface area contributed by atoms with Crippen LogP contribution in [0.5, 0.6) is 5.75 Å². The van der Waals surface area contributed by atoms with E-state index in [0.29, 0.717) is 0 Å². The van der Waals surface area contributed by atoms with Gasteiger partial charge in [0.05, 0.1) is 18.9 Å². The van der Waals surface area contributed by atoms with E-state index in [2.05, 4.69) is 95.3 Å². The second-order valence-electron chi connectivity index (χ2n) is 9.47. The van der Waals surface area contributed by atoms with Crippen molar-refractivity contribution in [3.05, 3.63) is 84.9 Å². The van der Waals surface area contributed by atoms with Crippen LogP contribution in [0.4, 0.5) is 5.69 Å². The van der Waals surface area contributed by atoms with Crippen molar-refractivity contribution in [1.29, 1.82) is 0 Å². The first-order valence-corrected chi connectivity index (χ1v) is 13.2. The number of methoxy groups -OCH3 is 1. The summed E-state index contributed by atoms with van der Waals surface area (Å²) in [6, 6.07) is 29.3. The van der Waals surface area contributed by atoms with Gasteiger partial charge in [-0.1, -0.05) is 95.3 Å². The van der Waals surface area contributed by atoms with Gasteiger partial charge in [-0.05, 0) is 45.6 Å². The first-order valence-electron chi connectivity index (χ1n) is 11.2. The Morgan fingerprint density at radius 2 is 1.28 bits per heavy atom. The molecule has 1 atom stereocenters. The Morgan fingerprint density at radius 1 is 0.781 bits per heavy atom. The maximum atomic E-state index is 7.27. The lowest BCUT2D eigenvalue weighted by molar-refractivity contribution is 0.206. The van der Waals surface area contributed by atoms with Crippen molar-refractivity contribution in [2.75, 3.05) is 7.11 Å². The molecule has 0 aliphatic rings. The second-order valence-corrected chi connectivity index (χ2v) is 13.7. The van der Waals surface area contributed by atoms with Gasteiger partial charge in [0.1, 0.15) is 5.75 Å². The van der Waals surface area contributed by atoms with Gasteiger partial charge in [0.15, 0.2) is 0 Å². The van der Waals surface area contributed by atoms with Crippen molar-refractivity contribution in [2.45, 2.75) is 45.8 Å². The largest absolute Gasteiger partial charge is 0.497 e. The maximum absolute atomic E-state index is 7.27. The van der Waals surface area contributed by atoms with Gasteiger partial charge >= 0.3 is 0 Å². The smallest absolute Gasteiger partial charge is 0.261 e. The molecule has 0 aliphatic carbocycles. The van der Waals surface area contributed by atoms with Gasteiger partial charge in [0.2, 0.25) is 0 Å². The van der Waals surface area contributed by atoms with Crippen LogP contribution >= 0.6 is 0 Å². The molecule has 0 radical (unpaired) electrons. The van der Waals surface area contributed by atoms with Gasteiger partial charge in [0, 0.05) is 6.21 Å². The Morgan fingerprint density at radius 3 is 1.69 bits per heavy atom. The Balaban J connectivity index is 2.07. The Hall–Kier alpha value is -2.69. The van der Waals surface area contributed by atoms with Crippen molar-refractivity contribution < 1.29 is 9.16 Å². The third kappa shape index (κ3) is 5.20. The minimum Gasteiger partial charge on any atom is -0.497 e. The van der Waals surface area contributed by atoms with E-state index in [4.69, 9.17) is 14.2 Å². The number of nitrogens with zero attached hydrogens (tertiary/aromatic N) is 1. The SMILES string of the molecule is COc1ccc(N=C[C@@H](O[Si](c2ccccc2)(c2ccccc2)C(C)(C)C)C(C)C)cc1. The molecule has 0 aromatic heterocycles. The van der Waals surface area contributed by atoms with Gasteiger partial charge in [-0.15, -0.1) is 0 Å². The summed E-state index contributed by atoms with van der Waals surface area (Å²) in [4.78, 5) is 4.77. The van der Waals surface area contributed by atoms with E-state index in [1.807, 2.05) is 30.5 Å². The van der Waals surface area contributed by atoms with Crippen molar-refractivity contribution in [2.24, 2.45) is 10.9 Å². The van der Waals surface area contributed by atoms with E-state index in [0.717, 1.165) is 11.4 Å².